The van der Waals surface area contributed by atoms with Crippen molar-refractivity contribution in [3.63, 3.8) is 0 Å². The predicted molar refractivity (Wildman–Crippen MR) is 55.0 cm³/mol. The highest BCUT2D eigenvalue weighted by Crippen LogP contribution is 2.15. The van der Waals surface area contributed by atoms with E-state index in [0.29, 0.717) is 12.0 Å². The van der Waals surface area contributed by atoms with E-state index in [4.69, 9.17) is 0 Å². The van der Waals surface area contributed by atoms with Gasteiger partial charge in [0.1, 0.15) is 6.04 Å². The maximum Gasteiger partial charge on any atom is 0.238 e. The summed E-state index contributed by atoms with van der Waals surface area (Å²) in [4.78, 5) is 14.1. The lowest BCUT2D eigenvalue weighted by atomic mass is 10.0. The van der Waals surface area contributed by atoms with E-state index in [1.165, 1.54) is 0 Å². The van der Waals surface area contributed by atoms with Crippen LogP contribution < -0.4 is 10.6 Å². The summed E-state index contributed by atoms with van der Waals surface area (Å²) >= 11 is 0. The summed E-state index contributed by atoms with van der Waals surface area (Å²) in [7, 11) is 0. The van der Waals surface area contributed by atoms with Crippen LogP contribution in [-0.2, 0) is 4.79 Å². The SMILES string of the molecule is CC1CN2CCNCC2C(=O)NC1C. The number of amides is 1. The van der Waals surface area contributed by atoms with E-state index in [2.05, 4.69) is 29.4 Å². The number of piperazine rings is 1. The molecule has 0 spiro atoms. The second-order valence-electron chi connectivity index (χ2n) is 4.49. The summed E-state index contributed by atoms with van der Waals surface area (Å²) in [6.45, 7) is 8.13. The van der Waals surface area contributed by atoms with Crippen LogP contribution >= 0.6 is 0 Å². The molecule has 4 heteroatoms. The average molecular weight is 197 g/mol. The van der Waals surface area contributed by atoms with Crippen molar-refractivity contribution in [1.82, 2.24) is 15.5 Å². The number of nitrogens with zero attached hydrogens (tertiary/aromatic N) is 1. The number of hydrogen-bond acceptors (Lipinski definition) is 3. The minimum absolute atomic E-state index is 0.0520. The summed E-state index contributed by atoms with van der Waals surface area (Å²) in [6.07, 6.45) is 0. The fraction of sp³-hybridized carbons (Fsp3) is 0.900. The molecule has 3 atom stereocenters. The third-order valence-corrected chi connectivity index (χ3v) is 3.40. The maximum absolute atomic E-state index is 11.8. The first kappa shape index (κ1) is 9.93. The van der Waals surface area contributed by atoms with E-state index in [1.54, 1.807) is 0 Å². The average Bonchev–Trinajstić information content (AvgIpc) is 2.27. The largest absolute Gasteiger partial charge is 0.352 e. The van der Waals surface area contributed by atoms with Crippen molar-refractivity contribution in [1.29, 1.82) is 0 Å². The van der Waals surface area contributed by atoms with Gasteiger partial charge in [0.25, 0.3) is 0 Å². The third-order valence-electron chi connectivity index (χ3n) is 3.40. The lowest BCUT2D eigenvalue weighted by Crippen LogP contribution is -2.56. The van der Waals surface area contributed by atoms with Crippen molar-refractivity contribution in [2.24, 2.45) is 5.92 Å². The summed E-state index contributed by atoms with van der Waals surface area (Å²) in [5, 5.41) is 6.34. The molecule has 3 unspecified atom stereocenters. The number of carbonyl (C=O) groups excluding carboxylic acids is 1. The van der Waals surface area contributed by atoms with Crippen molar-refractivity contribution in [3.05, 3.63) is 0 Å². The van der Waals surface area contributed by atoms with Gasteiger partial charge in [-0.2, -0.15) is 0 Å². The highest BCUT2D eigenvalue weighted by atomic mass is 16.2. The summed E-state index contributed by atoms with van der Waals surface area (Å²) in [5.41, 5.74) is 0. The zero-order chi connectivity index (χ0) is 10.1. The Balaban J connectivity index is 2.13. The van der Waals surface area contributed by atoms with Crippen LogP contribution in [0.4, 0.5) is 0 Å². The maximum atomic E-state index is 11.8. The van der Waals surface area contributed by atoms with Crippen LogP contribution in [0.15, 0.2) is 0 Å². The predicted octanol–water partition coefficient (Wildman–Crippen LogP) is -0.585. The summed E-state index contributed by atoms with van der Waals surface area (Å²) in [5.74, 6) is 0.733. The van der Waals surface area contributed by atoms with Crippen LogP contribution in [0.3, 0.4) is 0 Å². The normalized spacial score (nSPS) is 39.9. The molecule has 0 aromatic heterocycles. The fourth-order valence-electron chi connectivity index (χ4n) is 2.21. The molecule has 1 amide bonds. The van der Waals surface area contributed by atoms with E-state index >= 15 is 0 Å². The Kier molecular flexibility index (Phi) is 2.74. The minimum Gasteiger partial charge on any atom is -0.352 e. The topological polar surface area (TPSA) is 44.4 Å². The minimum atomic E-state index is 0.0520. The van der Waals surface area contributed by atoms with Gasteiger partial charge in [-0.1, -0.05) is 6.92 Å². The van der Waals surface area contributed by atoms with Gasteiger partial charge in [0.2, 0.25) is 5.91 Å². The van der Waals surface area contributed by atoms with E-state index in [9.17, 15) is 4.79 Å². The molecule has 0 saturated carbocycles. The molecule has 14 heavy (non-hydrogen) atoms. The van der Waals surface area contributed by atoms with Crippen LogP contribution in [0, 0.1) is 5.92 Å². The van der Waals surface area contributed by atoms with Crippen LogP contribution in [0.1, 0.15) is 13.8 Å². The molecule has 0 aliphatic carbocycles. The molecule has 2 aliphatic rings. The van der Waals surface area contributed by atoms with E-state index in [0.717, 1.165) is 26.2 Å². The lowest BCUT2D eigenvalue weighted by Gasteiger charge is -2.33. The zero-order valence-electron chi connectivity index (χ0n) is 8.92. The summed E-state index contributed by atoms with van der Waals surface area (Å²) < 4.78 is 0. The van der Waals surface area contributed by atoms with Gasteiger partial charge in [0.15, 0.2) is 0 Å². The van der Waals surface area contributed by atoms with Gasteiger partial charge in [0, 0.05) is 32.2 Å². The first-order chi connectivity index (χ1) is 6.68. The molecular formula is C10H19N3O. The van der Waals surface area contributed by atoms with E-state index in [-0.39, 0.29) is 11.9 Å². The summed E-state index contributed by atoms with van der Waals surface area (Å²) in [6, 6.07) is 0.351. The molecule has 4 nitrogen and oxygen atoms in total. The van der Waals surface area contributed by atoms with E-state index in [1.807, 2.05) is 0 Å². The fourth-order valence-corrected chi connectivity index (χ4v) is 2.21. The number of rotatable bonds is 0. The molecule has 2 heterocycles. The quantitative estimate of drug-likeness (QED) is 0.546. The Hall–Kier alpha value is -0.610. The first-order valence-electron chi connectivity index (χ1n) is 5.43. The lowest BCUT2D eigenvalue weighted by molar-refractivity contribution is -0.126. The molecular weight excluding hydrogens is 178 g/mol. The van der Waals surface area contributed by atoms with Gasteiger partial charge >= 0.3 is 0 Å². The van der Waals surface area contributed by atoms with Crippen LogP contribution in [0.2, 0.25) is 0 Å². The monoisotopic (exact) mass is 197 g/mol. The molecule has 2 aliphatic heterocycles. The Morgan fingerprint density at radius 1 is 1.43 bits per heavy atom. The molecule has 80 valence electrons. The Labute approximate surface area is 85.0 Å². The van der Waals surface area contributed by atoms with Gasteiger partial charge in [-0.15, -0.1) is 0 Å². The highest BCUT2D eigenvalue weighted by molar-refractivity contribution is 5.82. The number of nitrogens with one attached hydrogen (secondary N) is 2. The Bertz CT molecular complexity index is 231. The standard InChI is InChI=1S/C10H19N3O/c1-7-6-13-4-3-11-5-9(13)10(14)12-8(7)2/h7-9,11H,3-6H2,1-2H3,(H,12,14). The Morgan fingerprint density at radius 3 is 3.00 bits per heavy atom. The zero-order valence-corrected chi connectivity index (χ0v) is 8.92. The first-order valence-corrected chi connectivity index (χ1v) is 5.43. The second-order valence-corrected chi connectivity index (χ2v) is 4.49. The van der Waals surface area contributed by atoms with Crippen molar-refractivity contribution in [3.8, 4) is 0 Å². The van der Waals surface area contributed by atoms with Gasteiger partial charge in [0.05, 0.1) is 0 Å². The number of carbonyl (C=O) groups is 1. The Morgan fingerprint density at radius 2 is 2.21 bits per heavy atom. The van der Waals surface area contributed by atoms with Gasteiger partial charge in [-0.05, 0) is 12.8 Å². The van der Waals surface area contributed by atoms with E-state index < -0.39 is 0 Å². The van der Waals surface area contributed by atoms with Crippen molar-refractivity contribution >= 4 is 5.91 Å². The van der Waals surface area contributed by atoms with Crippen LogP contribution in [-0.4, -0.2) is 49.1 Å². The smallest absolute Gasteiger partial charge is 0.238 e. The van der Waals surface area contributed by atoms with Crippen LogP contribution in [0.5, 0.6) is 0 Å². The van der Waals surface area contributed by atoms with Crippen LogP contribution in [0.25, 0.3) is 0 Å². The highest BCUT2D eigenvalue weighted by Gasteiger charge is 2.34. The molecule has 2 fully saturated rings. The molecule has 2 N–H and O–H groups in total. The van der Waals surface area contributed by atoms with Gasteiger partial charge in [-0.25, -0.2) is 0 Å². The molecule has 2 saturated heterocycles. The number of fused-ring (bicyclic) bond motifs is 1. The molecule has 2 rings (SSSR count). The second kappa shape index (κ2) is 3.87. The van der Waals surface area contributed by atoms with Gasteiger partial charge in [-0.3, -0.25) is 9.69 Å². The van der Waals surface area contributed by atoms with Gasteiger partial charge < -0.3 is 10.6 Å². The molecule has 0 radical (unpaired) electrons. The van der Waals surface area contributed by atoms with Crippen molar-refractivity contribution in [2.75, 3.05) is 26.2 Å². The molecule has 0 bridgehead atoms. The molecule has 0 aromatic carbocycles. The third kappa shape index (κ3) is 1.77. The molecule has 0 aromatic rings. The number of hydrogen-bond donors (Lipinski definition) is 2. The van der Waals surface area contributed by atoms with Crippen molar-refractivity contribution < 1.29 is 4.79 Å². The van der Waals surface area contributed by atoms with Crippen molar-refractivity contribution in [2.45, 2.75) is 25.9 Å².